The van der Waals surface area contributed by atoms with E-state index in [1.165, 1.54) is 18.6 Å². The molecule has 0 nitrogen and oxygen atoms in total. The van der Waals surface area contributed by atoms with E-state index in [1.807, 2.05) is 21.6 Å². The first-order chi connectivity index (χ1) is 4.85. The van der Waals surface area contributed by atoms with Crippen LogP contribution in [0.3, 0.4) is 0 Å². The molecule has 0 unspecified atom stereocenters. The smallest absolute Gasteiger partial charge is 0.00741 e. The highest BCUT2D eigenvalue weighted by Gasteiger charge is 1.91. The summed E-state index contributed by atoms with van der Waals surface area (Å²) >= 11 is 0. The third-order valence-corrected chi connectivity index (χ3v) is 3.30. The van der Waals surface area contributed by atoms with E-state index in [0.717, 1.165) is 0 Å². The molecule has 0 aliphatic rings. The second-order valence-corrected chi connectivity index (χ2v) is 4.72. The average molecular weight is 176 g/mol. The summed E-state index contributed by atoms with van der Waals surface area (Å²) in [6.07, 6.45) is 6.84. The van der Waals surface area contributed by atoms with Gasteiger partial charge < -0.3 is 0 Å². The van der Waals surface area contributed by atoms with Crippen molar-refractivity contribution >= 4 is 21.6 Å². The van der Waals surface area contributed by atoms with Crippen molar-refractivity contribution in [3.63, 3.8) is 0 Å². The predicted octanol–water partition coefficient (Wildman–Crippen LogP) is 3.74. The van der Waals surface area contributed by atoms with Gasteiger partial charge in [0.05, 0.1) is 0 Å². The van der Waals surface area contributed by atoms with Crippen molar-refractivity contribution in [3.8, 4) is 0 Å². The highest BCUT2D eigenvalue weighted by atomic mass is 33.1. The molecule has 0 heterocycles. The van der Waals surface area contributed by atoms with E-state index in [2.05, 4.69) is 26.2 Å². The molecule has 0 N–H and O–H groups in total. The summed E-state index contributed by atoms with van der Waals surface area (Å²) in [7, 11) is 3.80. The fourth-order valence-corrected chi connectivity index (χ4v) is 2.04. The van der Waals surface area contributed by atoms with Gasteiger partial charge in [-0.2, -0.15) is 0 Å². The first-order valence-electron chi connectivity index (χ1n) is 3.64. The van der Waals surface area contributed by atoms with E-state index in [4.69, 9.17) is 0 Å². The minimum absolute atomic E-state index is 1.21. The van der Waals surface area contributed by atoms with Gasteiger partial charge >= 0.3 is 0 Å². The van der Waals surface area contributed by atoms with Crippen LogP contribution in [0.2, 0.25) is 0 Å². The van der Waals surface area contributed by atoms with Crippen LogP contribution < -0.4 is 0 Å². The lowest BCUT2D eigenvalue weighted by Crippen LogP contribution is -1.82. The minimum Gasteiger partial charge on any atom is -0.0976 e. The molecule has 0 aliphatic carbocycles. The van der Waals surface area contributed by atoms with Gasteiger partial charge in [-0.25, -0.2) is 0 Å². The van der Waals surface area contributed by atoms with Gasteiger partial charge in [0.15, 0.2) is 0 Å². The normalized spacial score (nSPS) is 12.1. The first-order valence-corrected chi connectivity index (χ1v) is 6.37. The third-order valence-electron chi connectivity index (χ3n) is 1.49. The van der Waals surface area contributed by atoms with Crippen molar-refractivity contribution in [2.75, 3.05) is 12.0 Å². The Labute approximate surface area is 72.3 Å². The minimum atomic E-state index is 1.21. The zero-order valence-corrected chi connectivity index (χ0v) is 8.65. The summed E-state index contributed by atoms with van der Waals surface area (Å²) < 4.78 is 0. The second-order valence-electron chi connectivity index (χ2n) is 2.04. The molecule has 0 radical (unpaired) electrons. The van der Waals surface area contributed by atoms with Gasteiger partial charge in [-0.05, 0) is 26.0 Å². The van der Waals surface area contributed by atoms with Crippen LogP contribution in [0.15, 0.2) is 11.6 Å². The molecule has 0 atom stereocenters. The third kappa shape index (κ3) is 5.24. The van der Waals surface area contributed by atoms with E-state index < -0.39 is 0 Å². The van der Waals surface area contributed by atoms with Crippen LogP contribution >= 0.6 is 21.6 Å². The zero-order valence-electron chi connectivity index (χ0n) is 7.02. The first kappa shape index (κ1) is 10.4. The van der Waals surface area contributed by atoms with Crippen LogP contribution in [0.4, 0.5) is 0 Å². The van der Waals surface area contributed by atoms with E-state index in [1.54, 1.807) is 5.57 Å². The SMILES string of the molecule is C/C=C(\CC)CCSSC. The molecule has 0 spiro atoms. The van der Waals surface area contributed by atoms with E-state index in [-0.39, 0.29) is 0 Å². The molecular formula is C8H16S2. The molecule has 0 aliphatic heterocycles. The van der Waals surface area contributed by atoms with Crippen molar-refractivity contribution < 1.29 is 0 Å². The van der Waals surface area contributed by atoms with Gasteiger partial charge in [-0.1, -0.05) is 40.2 Å². The molecule has 60 valence electrons. The average Bonchev–Trinajstić information content (AvgIpc) is 1.99. The summed E-state index contributed by atoms with van der Waals surface area (Å²) in [6, 6.07) is 0. The van der Waals surface area contributed by atoms with Gasteiger partial charge in [0, 0.05) is 5.75 Å². The fraction of sp³-hybridized carbons (Fsp3) is 0.750. The quantitative estimate of drug-likeness (QED) is 0.355. The molecule has 0 aromatic rings. The van der Waals surface area contributed by atoms with Crippen molar-refractivity contribution in [2.24, 2.45) is 0 Å². The Balaban J connectivity index is 3.27. The Morgan fingerprint density at radius 2 is 2.20 bits per heavy atom. The maximum atomic E-state index is 2.24. The van der Waals surface area contributed by atoms with Crippen molar-refractivity contribution in [3.05, 3.63) is 11.6 Å². The monoisotopic (exact) mass is 176 g/mol. The Morgan fingerprint density at radius 1 is 1.50 bits per heavy atom. The molecule has 0 amide bonds. The zero-order chi connectivity index (χ0) is 7.82. The van der Waals surface area contributed by atoms with Gasteiger partial charge in [0.1, 0.15) is 0 Å². The van der Waals surface area contributed by atoms with Crippen molar-refractivity contribution in [2.45, 2.75) is 26.7 Å². The highest BCUT2D eigenvalue weighted by molar-refractivity contribution is 8.76. The molecule has 0 bridgehead atoms. The van der Waals surface area contributed by atoms with E-state index >= 15 is 0 Å². The molecule has 0 aromatic carbocycles. The summed E-state index contributed by atoms with van der Waals surface area (Å²) in [5, 5.41) is 0. The van der Waals surface area contributed by atoms with E-state index in [9.17, 15) is 0 Å². The standard InChI is InChI=1S/C8H16S2/c1-4-8(5-2)6-7-10-9-3/h4H,5-7H2,1-3H3/b8-4+. The Morgan fingerprint density at radius 3 is 2.60 bits per heavy atom. The lowest BCUT2D eigenvalue weighted by Gasteiger charge is -2.00. The van der Waals surface area contributed by atoms with E-state index in [0.29, 0.717) is 0 Å². The Kier molecular flexibility index (Phi) is 7.88. The molecule has 10 heavy (non-hydrogen) atoms. The van der Waals surface area contributed by atoms with Crippen LogP contribution in [-0.2, 0) is 0 Å². The molecular weight excluding hydrogens is 160 g/mol. The molecule has 0 aromatic heterocycles. The topological polar surface area (TPSA) is 0 Å². The Bertz CT molecular complexity index is 97.4. The maximum absolute atomic E-state index is 2.24. The van der Waals surface area contributed by atoms with Crippen LogP contribution in [0.5, 0.6) is 0 Å². The highest BCUT2D eigenvalue weighted by Crippen LogP contribution is 2.20. The van der Waals surface area contributed by atoms with Gasteiger partial charge in [-0.15, -0.1) is 0 Å². The lowest BCUT2D eigenvalue weighted by atomic mass is 10.1. The largest absolute Gasteiger partial charge is 0.0976 e. The van der Waals surface area contributed by atoms with Gasteiger partial charge in [-0.3, -0.25) is 0 Å². The molecule has 0 saturated heterocycles. The van der Waals surface area contributed by atoms with Crippen LogP contribution in [0.25, 0.3) is 0 Å². The number of rotatable bonds is 5. The maximum Gasteiger partial charge on any atom is 0.00741 e. The number of hydrogen-bond donors (Lipinski definition) is 0. The molecule has 0 rings (SSSR count). The Hall–Kier alpha value is 0.440. The van der Waals surface area contributed by atoms with Crippen LogP contribution in [0, 0.1) is 0 Å². The molecule has 0 saturated carbocycles. The number of allylic oxidation sites excluding steroid dienone is 2. The summed E-state index contributed by atoms with van der Waals surface area (Å²) in [6.45, 7) is 4.35. The van der Waals surface area contributed by atoms with Gasteiger partial charge in [0.2, 0.25) is 0 Å². The van der Waals surface area contributed by atoms with Crippen LogP contribution in [0.1, 0.15) is 26.7 Å². The summed E-state index contributed by atoms with van der Waals surface area (Å²) in [5.41, 5.74) is 1.58. The summed E-state index contributed by atoms with van der Waals surface area (Å²) in [4.78, 5) is 0. The van der Waals surface area contributed by atoms with Gasteiger partial charge in [0.25, 0.3) is 0 Å². The molecule has 2 heteroatoms. The fourth-order valence-electron chi connectivity index (χ4n) is 0.781. The second kappa shape index (κ2) is 7.55. The molecule has 0 fully saturated rings. The predicted molar refractivity (Wildman–Crippen MR) is 54.6 cm³/mol. The van der Waals surface area contributed by atoms with Crippen molar-refractivity contribution in [1.82, 2.24) is 0 Å². The van der Waals surface area contributed by atoms with Crippen LogP contribution in [-0.4, -0.2) is 12.0 Å². The number of hydrogen-bond acceptors (Lipinski definition) is 2. The van der Waals surface area contributed by atoms with Crippen molar-refractivity contribution in [1.29, 1.82) is 0 Å². The lowest BCUT2D eigenvalue weighted by molar-refractivity contribution is 0.982. The summed E-state index contributed by atoms with van der Waals surface area (Å²) in [5.74, 6) is 1.26.